The van der Waals surface area contributed by atoms with Gasteiger partial charge in [-0.25, -0.2) is 18.4 Å². The molecule has 1 amide bonds. The molecular weight excluding hydrogens is 497 g/mol. The fourth-order valence-electron chi connectivity index (χ4n) is 2.86. The Morgan fingerprint density at radius 3 is 2.61 bits per heavy atom. The molecule has 0 bridgehead atoms. The van der Waals surface area contributed by atoms with Crippen molar-refractivity contribution in [3.05, 3.63) is 59.1 Å². The van der Waals surface area contributed by atoms with E-state index in [1.165, 1.54) is 24.3 Å². The molecule has 0 aliphatic rings. The predicted molar refractivity (Wildman–Crippen MR) is 122 cm³/mol. The number of sulfone groups is 1. The van der Waals surface area contributed by atoms with Gasteiger partial charge in [0.25, 0.3) is 0 Å². The number of halogens is 3. The molecule has 0 saturated carbocycles. The number of nitrogens with one attached hydrogen (secondary N) is 2. The van der Waals surface area contributed by atoms with Gasteiger partial charge in [-0.3, -0.25) is 4.79 Å². The molecule has 33 heavy (non-hydrogen) atoms. The number of anilines is 3. The van der Waals surface area contributed by atoms with Crippen molar-refractivity contribution in [1.29, 1.82) is 0 Å². The van der Waals surface area contributed by atoms with E-state index in [1.54, 1.807) is 11.4 Å². The Morgan fingerprint density at radius 2 is 1.88 bits per heavy atom. The molecule has 0 aliphatic heterocycles. The van der Waals surface area contributed by atoms with E-state index in [1.807, 2.05) is 0 Å². The van der Waals surface area contributed by atoms with E-state index >= 15 is 0 Å². The van der Waals surface area contributed by atoms with Crippen molar-refractivity contribution in [3.8, 4) is 0 Å². The largest absolute Gasteiger partial charge is 0.416 e. The van der Waals surface area contributed by atoms with Gasteiger partial charge in [0.1, 0.15) is 0 Å². The Morgan fingerprint density at radius 1 is 1.09 bits per heavy atom. The molecule has 13 heteroatoms. The SMILES string of the molecule is CS(=O)(=O)c1ccc2nc(NC(=O)Cc3csc(Nc4cccc(C(F)(F)F)c4)n3)sc2c1. The second-order valence-corrected chi connectivity index (χ2v) is 10.9. The van der Waals surface area contributed by atoms with Crippen molar-refractivity contribution in [2.24, 2.45) is 0 Å². The molecule has 0 unspecified atom stereocenters. The summed E-state index contributed by atoms with van der Waals surface area (Å²) < 4.78 is 62.6. The highest BCUT2D eigenvalue weighted by Gasteiger charge is 2.30. The lowest BCUT2D eigenvalue weighted by Gasteiger charge is -2.08. The standard InChI is InChI=1S/C20H15F3N4O3S3/c1-33(29,30)14-5-6-15-16(9-14)32-19(26-15)27-17(28)8-13-10-31-18(25-13)24-12-4-2-3-11(7-12)20(21,22)23/h2-7,9-10H,8H2,1H3,(H,24,25)(H,26,27,28). The van der Waals surface area contributed by atoms with Gasteiger partial charge in [-0.15, -0.1) is 11.3 Å². The van der Waals surface area contributed by atoms with Crippen molar-refractivity contribution < 1.29 is 26.4 Å². The van der Waals surface area contributed by atoms with Crippen LogP contribution in [0.4, 0.5) is 29.1 Å². The summed E-state index contributed by atoms with van der Waals surface area (Å²) in [5, 5.41) is 7.77. The average molecular weight is 513 g/mol. The summed E-state index contributed by atoms with van der Waals surface area (Å²) in [5.74, 6) is -0.381. The van der Waals surface area contributed by atoms with Crippen molar-refractivity contribution in [2.75, 3.05) is 16.9 Å². The van der Waals surface area contributed by atoms with Crippen LogP contribution in [0.5, 0.6) is 0 Å². The molecule has 2 heterocycles. The van der Waals surface area contributed by atoms with Gasteiger partial charge >= 0.3 is 6.18 Å². The summed E-state index contributed by atoms with van der Waals surface area (Å²) in [4.78, 5) is 21.1. The van der Waals surface area contributed by atoms with Gasteiger partial charge in [0.05, 0.1) is 32.8 Å². The molecule has 2 aromatic carbocycles. The molecule has 4 aromatic rings. The van der Waals surface area contributed by atoms with Gasteiger partial charge in [-0.1, -0.05) is 17.4 Å². The number of rotatable bonds is 6. The minimum absolute atomic E-state index is 0.0642. The van der Waals surface area contributed by atoms with Crippen LogP contribution in [0, 0.1) is 0 Å². The topological polar surface area (TPSA) is 101 Å². The zero-order valence-corrected chi connectivity index (χ0v) is 19.3. The monoisotopic (exact) mass is 512 g/mol. The maximum atomic E-state index is 12.9. The Kier molecular flexibility index (Phi) is 6.12. The molecule has 0 radical (unpaired) electrons. The van der Waals surface area contributed by atoms with E-state index in [4.69, 9.17) is 0 Å². The second kappa shape index (κ2) is 8.72. The van der Waals surface area contributed by atoms with E-state index in [0.29, 0.717) is 26.2 Å². The van der Waals surface area contributed by atoms with Crippen LogP contribution in [0.3, 0.4) is 0 Å². The number of hydrogen-bond acceptors (Lipinski definition) is 8. The number of hydrogen-bond donors (Lipinski definition) is 2. The molecule has 0 spiro atoms. The van der Waals surface area contributed by atoms with Crippen molar-refractivity contribution in [2.45, 2.75) is 17.5 Å². The van der Waals surface area contributed by atoms with E-state index in [0.717, 1.165) is 41.1 Å². The average Bonchev–Trinajstić information content (AvgIpc) is 3.32. The van der Waals surface area contributed by atoms with Crippen LogP contribution < -0.4 is 10.6 Å². The maximum absolute atomic E-state index is 12.9. The second-order valence-electron chi connectivity index (χ2n) is 6.99. The fourth-order valence-corrected chi connectivity index (χ4v) is 5.23. The number of carbonyl (C=O) groups is 1. The first-order valence-corrected chi connectivity index (χ1v) is 12.9. The van der Waals surface area contributed by atoms with Crippen molar-refractivity contribution >= 4 is 64.6 Å². The lowest BCUT2D eigenvalue weighted by atomic mass is 10.2. The quantitative estimate of drug-likeness (QED) is 0.373. The molecular formula is C20H15F3N4O3S3. The lowest BCUT2D eigenvalue weighted by molar-refractivity contribution is -0.137. The molecule has 0 atom stereocenters. The molecule has 2 N–H and O–H groups in total. The van der Waals surface area contributed by atoms with E-state index in [2.05, 4.69) is 20.6 Å². The van der Waals surface area contributed by atoms with Crippen LogP contribution in [0.25, 0.3) is 10.2 Å². The lowest BCUT2D eigenvalue weighted by Crippen LogP contribution is -2.14. The highest BCUT2D eigenvalue weighted by atomic mass is 32.2. The molecule has 0 aliphatic carbocycles. The van der Waals surface area contributed by atoms with Crippen LogP contribution >= 0.6 is 22.7 Å². The van der Waals surface area contributed by atoms with E-state index < -0.39 is 21.6 Å². The summed E-state index contributed by atoms with van der Waals surface area (Å²) in [7, 11) is -3.36. The fraction of sp³-hybridized carbons (Fsp3) is 0.150. The Labute approximate surface area is 194 Å². The molecule has 4 rings (SSSR count). The van der Waals surface area contributed by atoms with Gasteiger partial charge < -0.3 is 10.6 Å². The van der Waals surface area contributed by atoms with Crippen LogP contribution in [0.2, 0.25) is 0 Å². The highest BCUT2D eigenvalue weighted by Crippen LogP contribution is 2.32. The molecule has 7 nitrogen and oxygen atoms in total. The predicted octanol–water partition coefficient (Wildman–Crippen LogP) is 5.10. The Balaban J connectivity index is 1.41. The number of benzene rings is 2. The number of nitrogens with zero attached hydrogens (tertiary/aromatic N) is 2. The smallest absolute Gasteiger partial charge is 0.332 e. The van der Waals surface area contributed by atoms with Crippen molar-refractivity contribution in [3.63, 3.8) is 0 Å². The van der Waals surface area contributed by atoms with Crippen LogP contribution in [-0.4, -0.2) is 30.5 Å². The number of aromatic nitrogens is 2. The van der Waals surface area contributed by atoms with Gasteiger partial charge in [0, 0.05) is 17.3 Å². The van der Waals surface area contributed by atoms with Gasteiger partial charge in [0.2, 0.25) is 5.91 Å². The van der Waals surface area contributed by atoms with Crippen LogP contribution in [-0.2, 0) is 27.2 Å². The first-order chi connectivity index (χ1) is 15.5. The summed E-state index contributed by atoms with van der Waals surface area (Å²) in [6, 6.07) is 9.28. The van der Waals surface area contributed by atoms with Gasteiger partial charge in [-0.05, 0) is 36.4 Å². The summed E-state index contributed by atoms with van der Waals surface area (Å²) in [6.45, 7) is 0. The normalized spacial score (nSPS) is 12.1. The number of carbonyl (C=O) groups excluding carboxylic acids is 1. The summed E-state index contributed by atoms with van der Waals surface area (Å²) in [6.07, 6.45) is -3.40. The Hall–Kier alpha value is -3.03. The minimum atomic E-state index is -4.45. The number of alkyl halides is 3. The number of amides is 1. The molecule has 0 fully saturated rings. The maximum Gasteiger partial charge on any atom is 0.416 e. The molecule has 0 saturated heterocycles. The van der Waals surface area contributed by atoms with Gasteiger partial charge in [-0.2, -0.15) is 13.2 Å². The molecule has 172 valence electrons. The first-order valence-electron chi connectivity index (χ1n) is 9.26. The van der Waals surface area contributed by atoms with Gasteiger partial charge in [0.15, 0.2) is 20.1 Å². The first kappa shape index (κ1) is 23.1. The third-order valence-corrected chi connectivity index (χ3v) is 7.22. The van der Waals surface area contributed by atoms with Crippen LogP contribution in [0.1, 0.15) is 11.3 Å². The van der Waals surface area contributed by atoms with Crippen LogP contribution in [0.15, 0.2) is 52.7 Å². The highest BCUT2D eigenvalue weighted by molar-refractivity contribution is 7.90. The zero-order valence-electron chi connectivity index (χ0n) is 16.8. The minimum Gasteiger partial charge on any atom is -0.332 e. The van der Waals surface area contributed by atoms with Crippen molar-refractivity contribution in [1.82, 2.24) is 9.97 Å². The third kappa shape index (κ3) is 5.67. The van der Waals surface area contributed by atoms with E-state index in [-0.39, 0.29) is 22.9 Å². The number of fused-ring (bicyclic) bond motifs is 1. The number of thiazole rings is 2. The summed E-state index contributed by atoms with van der Waals surface area (Å²) >= 11 is 2.31. The Bertz CT molecular complexity index is 1450. The summed E-state index contributed by atoms with van der Waals surface area (Å²) in [5.41, 5.74) is 0.456. The zero-order chi connectivity index (χ0) is 23.8. The van der Waals surface area contributed by atoms with E-state index in [9.17, 15) is 26.4 Å². The third-order valence-electron chi connectivity index (χ3n) is 4.37. The molecule has 2 aromatic heterocycles.